The predicted molar refractivity (Wildman–Crippen MR) is 63.5 cm³/mol. The lowest BCUT2D eigenvalue weighted by atomic mass is 10.3. The number of fused-ring (bicyclic) bond motifs is 1. The number of aromatic nitrogens is 3. The first-order valence-electron chi connectivity index (χ1n) is 5.17. The van der Waals surface area contributed by atoms with E-state index in [0.717, 1.165) is 10.9 Å². The van der Waals surface area contributed by atoms with Crippen LogP contribution in [0.1, 0.15) is 10.6 Å². The van der Waals surface area contributed by atoms with Crippen LogP contribution in [0.4, 0.5) is 0 Å². The van der Waals surface area contributed by atoms with E-state index < -0.39 is 5.91 Å². The summed E-state index contributed by atoms with van der Waals surface area (Å²) in [5.74, 6) is -0.334. The highest BCUT2D eigenvalue weighted by Crippen LogP contribution is 2.15. The van der Waals surface area contributed by atoms with Gasteiger partial charge in [-0.25, -0.2) is 9.66 Å². The second-order valence-electron chi connectivity index (χ2n) is 3.68. The fraction of sp³-hybridized carbons (Fsp3) is 0. The van der Waals surface area contributed by atoms with Crippen molar-refractivity contribution in [3.63, 3.8) is 0 Å². The number of imidazole rings is 1. The maximum atomic E-state index is 11.2. The number of hydrogen-bond acceptors (Lipinski definition) is 2. The van der Waals surface area contributed by atoms with Gasteiger partial charge in [0, 0.05) is 24.0 Å². The Morgan fingerprint density at radius 1 is 1.12 bits per heavy atom. The molecule has 17 heavy (non-hydrogen) atoms. The Morgan fingerprint density at radius 3 is 2.76 bits per heavy atom. The number of rotatable bonds is 2. The Hall–Kier alpha value is -2.56. The van der Waals surface area contributed by atoms with Gasteiger partial charge in [-0.15, -0.1) is 0 Å². The molecular formula is C12H10N4O. The monoisotopic (exact) mass is 226 g/mol. The normalized spacial score (nSPS) is 10.8. The third-order valence-corrected chi connectivity index (χ3v) is 2.65. The summed E-state index contributed by atoms with van der Waals surface area (Å²) in [4.78, 5) is 15.2. The highest BCUT2D eigenvalue weighted by molar-refractivity contribution is 5.89. The highest BCUT2D eigenvalue weighted by Gasteiger charge is 2.11. The number of benzene rings is 1. The molecule has 0 aliphatic heterocycles. The van der Waals surface area contributed by atoms with Crippen molar-refractivity contribution in [3.8, 4) is 0 Å². The van der Waals surface area contributed by atoms with Crippen LogP contribution in [0.25, 0.3) is 10.9 Å². The highest BCUT2D eigenvalue weighted by atomic mass is 16.1. The standard InChI is InChI=1S/C12H10N4O/c13-11(17)12-14-6-8-16(12)15-7-5-9-3-1-2-4-10(9)15/h1-8H,(H2,13,17). The Bertz CT molecular complexity index is 695. The molecule has 5 heteroatoms. The number of nitrogens with zero attached hydrogens (tertiary/aromatic N) is 3. The van der Waals surface area contributed by atoms with Crippen molar-refractivity contribution in [1.82, 2.24) is 14.3 Å². The summed E-state index contributed by atoms with van der Waals surface area (Å²) >= 11 is 0. The summed E-state index contributed by atoms with van der Waals surface area (Å²) in [6, 6.07) is 9.86. The molecular weight excluding hydrogens is 216 g/mol. The molecule has 0 bridgehead atoms. The number of amides is 1. The van der Waals surface area contributed by atoms with Crippen molar-refractivity contribution in [3.05, 3.63) is 54.7 Å². The minimum atomic E-state index is -0.548. The Morgan fingerprint density at radius 2 is 1.94 bits per heavy atom. The van der Waals surface area contributed by atoms with E-state index in [2.05, 4.69) is 4.98 Å². The van der Waals surface area contributed by atoms with Gasteiger partial charge in [0.05, 0.1) is 5.52 Å². The summed E-state index contributed by atoms with van der Waals surface area (Å²) in [7, 11) is 0. The average Bonchev–Trinajstić information content (AvgIpc) is 2.94. The number of para-hydroxylation sites is 1. The molecule has 0 saturated carbocycles. The molecule has 0 unspecified atom stereocenters. The number of nitrogens with two attached hydrogens (primary N) is 1. The van der Waals surface area contributed by atoms with Crippen LogP contribution in [0.3, 0.4) is 0 Å². The van der Waals surface area contributed by atoms with Gasteiger partial charge in [-0.1, -0.05) is 18.2 Å². The molecule has 2 heterocycles. The molecule has 2 aromatic heterocycles. The van der Waals surface area contributed by atoms with Crippen LogP contribution in [0.15, 0.2) is 48.9 Å². The number of carbonyl (C=O) groups is 1. The summed E-state index contributed by atoms with van der Waals surface area (Å²) in [5.41, 5.74) is 6.27. The lowest BCUT2D eigenvalue weighted by molar-refractivity contribution is 0.0985. The second-order valence-corrected chi connectivity index (χ2v) is 3.68. The van der Waals surface area contributed by atoms with E-state index in [4.69, 9.17) is 5.73 Å². The first kappa shape index (κ1) is 9.65. The maximum Gasteiger partial charge on any atom is 0.286 e. The molecule has 0 spiro atoms. The fourth-order valence-corrected chi connectivity index (χ4v) is 1.90. The van der Waals surface area contributed by atoms with Crippen LogP contribution in [0, 0.1) is 0 Å². The average molecular weight is 226 g/mol. The predicted octanol–water partition coefficient (Wildman–Crippen LogP) is 1.25. The number of primary amides is 1. The topological polar surface area (TPSA) is 65.8 Å². The smallest absolute Gasteiger partial charge is 0.286 e. The third-order valence-electron chi connectivity index (χ3n) is 2.65. The van der Waals surface area contributed by atoms with Crippen LogP contribution in [0.2, 0.25) is 0 Å². The zero-order chi connectivity index (χ0) is 11.8. The van der Waals surface area contributed by atoms with Gasteiger partial charge in [-0.2, -0.15) is 0 Å². The van der Waals surface area contributed by atoms with Crippen molar-refractivity contribution in [2.75, 3.05) is 0 Å². The lowest BCUT2D eigenvalue weighted by Crippen LogP contribution is -2.21. The van der Waals surface area contributed by atoms with Crippen molar-refractivity contribution in [1.29, 1.82) is 0 Å². The van der Waals surface area contributed by atoms with E-state index in [9.17, 15) is 4.79 Å². The van der Waals surface area contributed by atoms with Crippen molar-refractivity contribution >= 4 is 16.8 Å². The SMILES string of the molecule is NC(=O)c1nccn1-n1ccc2ccccc21. The summed E-state index contributed by atoms with van der Waals surface area (Å²) < 4.78 is 3.47. The van der Waals surface area contributed by atoms with Crippen LogP contribution in [0.5, 0.6) is 0 Å². The van der Waals surface area contributed by atoms with E-state index in [1.165, 1.54) is 0 Å². The zero-order valence-electron chi connectivity index (χ0n) is 8.95. The van der Waals surface area contributed by atoms with Gasteiger partial charge in [0.15, 0.2) is 0 Å². The van der Waals surface area contributed by atoms with Gasteiger partial charge >= 0.3 is 0 Å². The molecule has 0 fully saturated rings. The van der Waals surface area contributed by atoms with Crippen LogP contribution in [-0.4, -0.2) is 20.2 Å². The molecule has 0 saturated heterocycles. The Labute approximate surface area is 97.1 Å². The molecule has 5 nitrogen and oxygen atoms in total. The summed E-state index contributed by atoms with van der Waals surface area (Å²) in [5, 5.41) is 1.09. The lowest BCUT2D eigenvalue weighted by Gasteiger charge is -2.08. The molecule has 0 atom stereocenters. The first-order valence-corrected chi connectivity index (χ1v) is 5.17. The van der Waals surface area contributed by atoms with Gasteiger partial charge in [0.2, 0.25) is 5.82 Å². The number of hydrogen-bond donors (Lipinski definition) is 1. The van der Waals surface area contributed by atoms with Gasteiger partial charge < -0.3 is 5.73 Å². The van der Waals surface area contributed by atoms with Crippen LogP contribution < -0.4 is 5.73 Å². The molecule has 2 N–H and O–H groups in total. The van der Waals surface area contributed by atoms with Gasteiger partial charge in [0.25, 0.3) is 5.91 Å². The molecule has 0 aliphatic rings. The molecule has 3 rings (SSSR count). The van der Waals surface area contributed by atoms with Gasteiger partial charge in [-0.3, -0.25) is 9.47 Å². The molecule has 0 aliphatic carbocycles. The third kappa shape index (κ3) is 1.40. The van der Waals surface area contributed by atoms with Crippen LogP contribution >= 0.6 is 0 Å². The van der Waals surface area contributed by atoms with Crippen molar-refractivity contribution < 1.29 is 4.79 Å². The van der Waals surface area contributed by atoms with E-state index in [1.54, 1.807) is 17.1 Å². The van der Waals surface area contributed by atoms with Gasteiger partial charge in [0.1, 0.15) is 0 Å². The number of carbonyl (C=O) groups excluding carboxylic acids is 1. The van der Waals surface area contributed by atoms with Crippen molar-refractivity contribution in [2.24, 2.45) is 5.73 Å². The second kappa shape index (κ2) is 3.48. The minimum Gasteiger partial charge on any atom is -0.363 e. The largest absolute Gasteiger partial charge is 0.363 e. The van der Waals surface area contributed by atoms with E-state index in [1.807, 2.05) is 41.2 Å². The van der Waals surface area contributed by atoms with Gasteiger partial charge in [-0.05, 0) is 12.1 Å². The summed E-state index contributed by atoms with van der Waals surface area (Å²) in [6.07, 6.45) is 5.13. The molecule has 84 valence electrons. The first-order chi connectivity index (χ1) is 8.27. The zero-order valence-corrected chi connectivity index (χ0v) is 8.95. The van der Waals surface area contributed by atoms with E-state index in [0.29, 0.717) is 0 Å². The maximum absolute atomic E-state index is 11.2. The van der Waals surface area contributed by atoms with Crippen molar-refractivity contribution in [2.45, 2.75) is 0 Å². The molecule has 3 aromatic rings. The van der Waals surface area contributed by atoms with E-state index in [-0.39, 0.29) is 5.82 Å². The van der Waals surface area contributed by atoms with E-state index >= 15 is 0 Å². The fourth-order valence-electron chi connectivity index (χ4n) is 1.90. The quantitative estimate of drug-likeness (QED) is 0.714. The summed E-state index contributed by atoms with van der Waals surface area (Å²) in [6.45, 7) is 0. The molecule has 0 radical (unpaired) electrons. The Kier molecular flexibility index (Phi) is 1.98. The Balaban J connectivity index is 2.28. The molecule has 1 amide bonds. The minimum absolute atomic E-state index is 0.214. The molecule has 1 aromatic carbocycles. The van der Waals surface area contributed by atoms with Crippen LogP contribution in [-0.2, 0) is 0 Å².